The van der Waals surface area contributed by atoms with Crippen LogP contribution >= 0.6 is 0 Å². The molecule has 0 bridgehead atoms. The van der Waals surface area contributed by atoms with Crippen molar-refractivity contribution in [3.05, 3.63) is 29.8 Å². The van der Waals surface area contributed by atoms with Crippen molar-refractivity contribution in [1.29, 1.82) is 0 Å². The number of hydrogen-bond donors (Lipinski definition) is 1. The summed E-state index contributed by atoms with van der Waals surface area (Å²) in [6.07, 6.45) is 7.87. The minimum absolute atomic E-state index is 0.401. The molecular weight excluding hydrogens is 258 g/mol. The van der Waals surface area contributed by atoms with Crippen LogP contribution in [-0.2, 0) is 0 Å². The summed E-state index contributed by atoms with van der Waals surface area (Å²) in [5.41, 5.74) is 1.35. The van der Waals surface area contributed by atoms with E-state index in [4.69, 9.17) is 4.74 Å². The van der Waals surface area contributed by atoms with E-state index in [2.05, 4.69) is 50.4 Å². The van der Waals surface area contributed by atoms with E-state index in [-0.39, 0.29) is 0 Å². The van der Waals surface area contributed by atoms with E-state index in [9.17, 15) is 0 Å². The molecule has 0 radical (unpaired) electrons. The molecule has 0 aromatic heterocycles. The predicted octanol–water partition coefficient (Wildman–Crippen LogP) is 5.09. The van der Waals surface area contributed by atoms with E-state index in [0.29, 0.717) is 18.1 Å². The molecule has 1 aliphatic rings. The van der Waals surface area contributed by atoms with Gasteiger partial charge in [-0.05, 0) is 62.3 Å². The zero-order valence-corrected chi connectivity index (χ0v) is 13.9. The second-order valence-corrected chi connectivity index (χ2v) is 6.41. The average molecular weight is 289 g/mol. The van der Waals surface area contributed by atoms with Crippen LogP contribution in [0.15, 0.2) is 24.3 Å². The molecule has 1 fully saturated rings. The van der Waals surface area contributed by atoms with Crippen LogP contribution in [0.5, 0.6) is 5.75 Å². The van der Waals surface area contributed by atoms with E-state index in [1.165, 1.54) is 37.7 Å². The summed E-state index contributed by atoms with van der Waals surface area (Å²) < 4.78 is 6.28. The summed E-state index contributed by atoms with van der Waals surface area (Å²) in [5, 5.41) is 3.62. The van der Waals surface area contributed by atoms with Gasteiger partial charge in [0.1, 0.15) is 11.9 Å². The molecule has 3 unspecified atom stereocenters. The van der Waals surface area contributed by atoms with Gasteiger partial charge in [-0.1, -0.05) is 39.3 Å². The minimum Gasteiger partial charge on any atom is -0.490 e. The molecule has 2 rings (SSSR count). The largest absolute Gasteiger partial charge is 0.490 e. The molecule has 3 atom stereocenters. The minimum atomic E-state index is 0.401. The van der Waals surface area contributed by atoms with Crippen LogP contribution in [0.3, 0.4) is 0 Å². The molecule has 0 spiro atoms. The molecule has 2 nitrogen and oxygen atoms in total. The zero-order valence-electron chi connectivity index (χ0n) is 13.9. The van der Waals surface area contributed by atoms with E-state index in [1.807, 2.05) is 0 Å². The normalized spacial score (nSPS) is 23.8. The Morgan fingerprint density at radius 1 is 1.24 bits per heavy atom. The Kier molecular flexibility index (Phi) is 6.56. The molecule has 1 aromatic carbocycles. The lowest BCUT2D eigenvalue weighted by Gasteiger charge is -2.29. The van der Waals surface area contributed by atoms with Crippen LogP contribution in [0, 0.1) is 5.92 Å². The Balaban J connectivity index is 2.02. The maximum absolute atomic E-state index is 6.28. The van der Waals surface area contributed by atoms with Gasteiger partial charge in [-0.2, -0.15) is 0 Å². The number of nitrogens with one attached hydrogen (secondary N) is 1. The number of rotatable bonds is 7. The molecule has 1 saturated carbocycles. The predicted molar refractivity (Wildman–Crippen MR) is 89.8 cm³/mol. The van der Waals surface area contributed by atoms with Crippen LogP contribution in [0.1, 0.15) is 70.9 Å². The third kappa shape index (κ3) is 4.74. The number of benzene rings is 1. The summed E-state index contributed by atoms with van der Waals surface area (Å²) in [4.78, 5) is 0. The average Bonchev–Trinajstić information content (AvgIpc) is 2.51. The maximum Gasteiger partial charge on any atom is 0.120 e. The fourth-order valence-electron chi connectivity index (χ4n) is 3.25. The van der Waals surface area contributed by atoms with Crippen molar-refractivity contribution in [2.24, 2.45) is 5.92 Å². The van der Waals surface area contributed by atoms with Gasteiger partial charge in [0.2, 0.25) is 0 Å². The summed E-state index contributed by atoms with van der Waals surface area (Å²) in [6, 6.07) is 9.13. The van der Waals surface area contributed by atoms with Gasteiger partial charge >= 0.3 is 0 Å². The molecule has 1 N–H and O–H groups in total. The van der Waals surface area contributed by atoms with Gasteiger partial charge in [0.15, 0.2) is 0 Å². The van der Waals surface area contributed by atoms with Crippen LogP contribution in [-0.4, -0.2) is 12.6 Å². The number of hydrogen-bond acceptors (Lipinski definition) is 2. The SMILES string of the molecule is CCCNC(CC)c1cccc(OC2CCCCC2C)c1. The van der Waals surface area contributed by atoms with Crippen molar-refractivity contribution < 1.29 is 4.74 Å². The smallest absolute Gasteiger partial charge is 0.120 e. The first-order valence-corrected chi connectivity index (χ1v) is 8.74. The highest BCUT2D eigenvalue weighted by Gasteiger charge is 2.23. The lowest BCUT2D eigenvalue weighted by atomic mass is 9.88. The molecule has 118 valence electrons. The molecule has 1 aromatic rings. The fourth-order valence-corrected chi connectivity index (χ4v) is 3.25. The van der Waals surface area contributed by atoms with Gasteiger partial charge in [-0.15, -0.1) is 0 Å². The molecule has 2 heteroatoms. The first-order valence-electron chi connectivity index (χ1n) is 8.74. The summed E-state index contributed by atoms with van der Waals surface area (Å²) in [7, 11) is 0. The van der Waals surface area contributed by atoms with Gasteiger partial charge in [-0.25, -0.2) is 0 Å². The van der Waals surface area contributed by atoms with Gasteiger partial charge < -0.3 is 10.1 Å². The molecule has 21 heavy (non-hydrogen) atoms. The van der Waals surface area contributed by atoms with E-state index < -0.39 is 0 Å². The molecule has 1 aliphatic carbocycles. The Morgan fingerprint density at radius 2 is 2.05 bits per heavy atom. The first-order chi connectivity index (χ1) is 10.2. The highest BCUT2D eigenvalue weighted by molar-refractivity contribution is 5.31. The van der Waals surface area contributed by atoms with Gasteiger partial charge in [0, 0.05) is 6.04 Å². The van der Waals surface area contributed by atoms with Crippen LogP contribution in [0.25, 0.3) is 0 Å². The van der Waals surface area contributed by atoms with E-state index in [0.717, 1.165) is 18.7 Å². The molecular formula is C19H31NO. The van der Waals surface area contributed by atoms with Crippen LogP contribution in [0.4, 0.5) is 0 Å². The highest BCUT2D eigenvalue weighted by atomic mass is 16.5. The Morgan fingerprint density at radius 3 is 2.76 bits per heavy atom. The third-order valence-corrected chi connectivity index (χ3v) is 4.63. The van der Waals surface area contributed by atoms with Crippen molar-refractivity contribution in [3.63, 3.8) is 0 Å². The third-order valence-electron chi connectivity index (χ3n) is 4.63. The maximum atomic E-state index is 6.28. The second kappa shape index (κ2) is 8.43. The lowest BCUT2D eigenvalue weighted by Crippen LogP contribution is -2.28. The van der Waals surface area contributed by atoms with Crippen molar-refractivity contribution in [2.45, 2.75) is 71.4 Å². The first kappa shape index (κ1) is 16.4. The molecule has 0 saturated heterocycles. The second-order valence-electron chi connectivity index (χ2n) is 6.41. The summed E-state index contributed by atoms with van der Waals surface area (Å²) >= 11 is 0. The Hall–Kier alpha value is -1.02. The fraction of sp³-hybridized carbons (Fsp3) is 0.684. The van der Waals surface area contributed by atoms with Gasteiger partial charge in [-0.3, -0.25) is 0 Å². The van der Waals surface area contributed by atoms with Crippen molar-refractivity contribution in [3.8, 4) is 5.75 Å². The summed E-state index contributed by atoms with van der Waals surface area (Å²) in [5.74, 6) is 1.73. The van der Waals surface area contributed by atoms with Crippen molar-refractivity contribution in [2.75, 3.05) is 6.54 Å². The van der Waals surface area contributed by atoms with E-state index >= 15 is 0 Å². The molecule has 0 aliphatic heterocycles. The standard InChI is InChI=1S/C19H31NO/c1-4-13-20-18(5-2)16-10-8-11-17(14-16)21-19-12-7-6-9-15(19)3/h8,10-11,14-15,18-20H,4-7,9,12-13H2,1-3H3. The Bertz CT molecular complexity index is 418. The molecule has 0 amide bonds. The molecule has 0 heterocycles. The van der Waals surface area contributed by atoms with Crippen LogP contribution in [0.2, 0.25) is 0 Å². The van der Waals surface area contributed by atoms with E-state index in [1.54, 1.807) is 0 Å². The van der Waals surface area contributed by atoms with Crippen molar-refractivity contribution in [1.82, 2.24) is 5.32 Å². The summed E-state index contributed by atoms with van der Waals surface area (Å²) in [6.45, 7) is 7.85. The number of ether oxygens (including phenoxy) is 1. The van der Waals surface area contributed by atoms with Crippen molar-refractivity contribution >= 4 is 0 Å². The Labute approximate surface area is 130 Å². The van der Waals surface area contributed by atoms with Gasteiger partial charge in [0.25, 0.3) is 0 Å². The quantitative estimate of drug-likeness (QED) is 0.754. The van der Waals surface area contributed by atoms with Gasteiger partial charge in [0.05, 0.1) is 0 Å². The lowest BCUT2D eigenvalue weighted by molar-refractivity contribution is 0.102. The zero-order chi connectivity index (χ0) is 15.1. The monoisotopic (exact) mass is 289 g/mol. The topological polar surface area (TPSA) is 21.3 Å². The highest BCUT2D eigenvalue weighted by Crippen LogP contribution is 2.29. The van der Waals surface area contributed by atoms with Crippen LogP contribution < -0.4 is 10.1 Å².